The third-order valence-electron chi connectivity index (χ3n) is 1.48. The monoisotopic (exact) mass is 141 g/mol. The standard InChI is InChI=1S/C8H14O2/c1-3-5-6-7(4-2)8(9)10/h3,5,7H,4,6H2,1-2H3,(H,9,10)/p-1/b5-3+. The van der Waals surface area contributed by atoms with Crippen LogP contribution in [0.2, 0.25) is 0 Å². The third kappa shape index (κ3) is 3.28. The summed E-state index contributed by atoms with van der Waals surface area (Å²) in [6.07, 6.45) is 4.94. The molecule has 0 saturated carbocycles. The minimum absolute atomic E-state index is 0.309. The summed E-state index contributed by atoms with van der Waals surface area (Å²) >= 11 is 0. The molecule has 0 N–H and O–H groups in total. The average molecular weight is 141 g/mol. The highest BCUT2D eigenvalue weighted by atomic mass is 16.4. The van der Waals surface area contributed by atoms with Gasteiger partial charge in [-0.15, -0.1) is 0 Å². The van der Waals surface area contributed by atoms with Crippen LogP contribution in [0.15, 0.2) is 12.2 Å². The quantitative estimate of drug-likeness (QED) is 0.541. The Balaban J connectivity index is 3.71. The normalized spacial score (nSPS) is 13.8. The van der Waals surface area contributed by atoms with Crippen molar-refractivity contribution in [3.8, 4) is 0 Å². The molecule has 0 saturated heterocycles. The number of aliphatic carboxylic acids is 1. The first kappa shape index (κ1) is 9.21. The molecule has 0 bridgehead atoms. The van der Waals surface area contributed by atoms with Crippen LogP contribution < -0.4 is 5.11 Å². The van der Waals surface area contributed by atoms with Gasteiger partial charge in [0.2, 0.25) is 0 Å². The van der Waals surface area contributed by atoms with Crippen molar-refractivity contribution in [3.63, 3.8) is 0 Å². The molecule has 0 rings (SSSR count). The highest BCUT2D eigenvalue weighted by Crippen LogP contribution is 2.06. The van der Waals surface area contributed by atoms with Crippen molar-refractivity contribution in [1.29, 1.82) is 0 Å². The van der Waals surface area contributed by atoms with E-state index in [1.807, 2.05) is 26.0 Å². The Morgan fingerprint density at radius 2 is 2.30 bits per heavy atom. The molecule has 2 heteroatoms. The van der Waals surface area contributed by atoms with Crippen LogP contribution in [0.5, 0.6) is 0 Å². The van der Waals surface area contributed by atoms with Crippen molar-refractivity contribution in [2.75, 3.05) is 0 Å². The Labute approximate surface area is 61.6 Å². The zero-order valence-electron chi connectivity index (χ0n) is 6.46. The first-order valence-electron chi connectivity index (χ1n) is 3.54. The van der Waals surface area contributed by atoms with E-state index in [0.29, 0.717) is 12.8 Å². The van der Waals surface area contributed by atoms with E-state index < -0.39 is 5.97 Å². The summed E-state index contributed by atoms with van der Waals surface area (Å²) in [6.45, 7) is 3.73. The van der Waals surface area contributed by atoms with Gasteiger partial charge < -0.3 is 9.90 Å². The fourth-order valence-corrected chi connectivity index (χ4v) is 0.730. The summed E-state index contributed by atoms with van der Waals surface area (Å²) in [4.78, 5) is 10.3. The molecule has 0 spiro atoms. The maximum Gasteiger partial charge on any atom is 0.0448 e. The average Bonchev–Trinajstić information content (AvgIpc) is 1.89. The fourth-order valence-electron chi connectivity index (χ4n) is 0.730. The van der Waals surface area contributed by atoms with E-state index in [0.717, 1.165) is 0 Å². The molecule has 0 aliphatic heterocycles. The van der Waals surface area contributed by atoms with Gasteiger partial charge in [0.15, 0.2) is 0 Å². The molecule has 2 nitrogen and oxygen atoms in total. The van der Waals surface area contributed by atoms with Crippen LogP contribution in [0.3, 0.4) is 0 Å². The van der Waals surface area contributed by atoms with Gasteiger partial charge in [0, 0.05) is 11.9 Å². The Bertz CT molecular complexity index is 127. The second-order valence-electron chi connectivity index (χ2n) is 2.23. The molecule has 1 unspecified atom stereocenters. The smallest absolute Gasteiger partial charge is 0.0448 e. The molecule has 1 atom stereocenters. The minimum atomic E-state index is -0.944. The number of carbonyl (C=O) groups is 1. The molecule has 0 heterocycles. The molecule has 0 aliphatic carbocycles. The van der Waals surface area contributed by atoms with Crippen LogP contribution in [0.25, 0.3) is 0 Å². The summed E-state index contributed by atoms with van der Waals surface area (Å²) in [7, 11) is 0. The molecule has 0 aliphatic rings. The summed E-state index contributed by atoms with van der Waals surface area (Å²) in [5.41, 5.74) is 0. The third-order valence-corrected chi connectivity index (χ3v) is 1.48. The zero-order chi connectivity index (χ0) is 7.98. The number of rotatable bonds is 4. The summed E-state index contributed by atoms with van der Waals surface area (Å²) < 4.78 is 0. The lowest BCUT2D eigenvalue weighted by Crippen LogP contribution is -2.30. The van der Waals surface area contributed by atoms with E-state index >= 15 is 0 Å². The molecule has 58 valence electrons. The van der Waals surface area contributed by atoms with Gasteiger partial charge in [0.1, 0.15) is 0 Å². The Hall–Kier alpha value is -0.790. The van der Waals surface area contributed by atoms with Crippen molar-refractivity contribution in [1.82, 2.24) is 0 Å². The Kier molecular flexibility index (Phi) is 4.63. The van der Waals surface area contributed by atoms with Crippen molar-refractivity contribution in [2.24, 2.45) is 5.92 Å². The number of allylic oxidation sites excluding steroid dienone is 2. The van der Waals surface area contributed by atoms with E-state index in [-0.39, 0.29) is 5.92 Å². The summed E-state index contributed by atoms with van der Waals surface area (Å²) in [5, 5.41) is 10.3. The van der Waals surface area contributed by atoms with Crippen LogP contribution in [0, 0.1) is 5.92 Å². The van der Waals surface area contributed by atoms with Gasteiger partial charge in [-0.05, 0) is 19.8 Å². The molecule has 0 aromatic heterocycles. The van der Waals surface area contributed by atoms with Crippen molar-refractivity contribution in [2.45, 2.75) is 26.7 Å². The van der Waals surface area contributed by atoms with Crippen molar-refractivity contribution in [3.05, 3.63) is 12.2 Å². The number of carboxylic acids is 1. The van der Waals surface area contributed by atoms with Gasteiger partial charge >= 0.3 is 0 Å². The van der Waals surface area contributed by atoms with Gasteiger partial charge in [-0.1, -0.05) is 19.1 Å². The van der Waals surface area contributed by atoms with Gasteiger partial charge in [-0.25, -0.2) is 0 Å². The van der Waals surface area contributed by atoms with Crippen molar-refractivity contribution >= 4 is 5.97 Å². The molecule has 0 amide bonds. The van der Waals surface area contributed by atoms with Crippen LogP contribution in [-0.4, -0.2) is 5.97 Å². The van der Waals surface area contributed by atoms with Crippen molar-refractivity contribution < 1.29 is 9.90 Å². The Morgan fingerprint density at radius 3 is 2.60 bits per heavy atom. The maximum atomic E-state index is 10.3. The first-order valence-corrected chi connectivity index (χ1v) is 3.54. The fraction of sp³-hybridized carbons (Fsp3) is 0.625. The zero-order valence-corrected chi connectivity index (χ0v) is 6.46. The van der Waals surface area contributed by atoms with E-state index in [4.69, 9.17) is 0 Å². The Morgan fingerprint density at radius 1 is 1.70 bits per heavy atom. The molecule has 0 aromatic rings. The van der Waals surface area contributed by atoms with Crippen LogP contribution in [-0.2, 0) is 4.79 Å². The van der Waals surface area contributed by atoms with Crippen LogP contribution in [0.1, 0.15) is 26.7 Å². The second kappa shape index (κ2) is 5.03. The van der Waals surface area contributed by atoms with Crippen LogP contribution >= 0.6 is 0 Å². The van der Waals surface area contributed by atoms with Gasteiger partial charge in [-0.3, -0.25) is 0 Å². The molecule has 0 fully saturated rings. The van der Waals surface area contributed by atoms with E-state index in [1.54, 1.807) is 0 Å². The van der Waals surface area contributed by atoms with E-state index in [9.17, 15) is 9.90 Å². The molecular weight excluding hydrogens is 128 g/mol. The molecule has 10 heavy (non-hydrogen) atoms. The number of carboxylic acid groups (broad SMARTS) is 1. The first-order chi connectivity index (χ1) is 4.72. The lowest BCUT2D eigenvalue weighted by molar-refractivity contribution is -0.311. The number of hydrogen-bond donors (Lipinski definition) is 0. The molecule has 0 radical (unpaired) electrons. The molecule has 0 aromatic carbocycles. The molecular formula is C8H13O2-. The van der Waals surface area contributed by atoms with E-state index in [2.05, 4.69) is 0 Å². The van der Waals surface area contributed by atoms with Gasteiger partial charge in [0.25, 0.3) is 0 Å². The largest absolute Gasteiger partial charge is 0.550 e. The second-order valence-corrected chi connectivity index (χ2v) is 2.23. The van der Waals surface area contributed by atoms with Gasteiger partial charge in [-0.2, -0.15) is 0 Å². The van der Waals surface area contributed by atoms with Gasteiger partial charge in [0.05, 0.1) is 0 Å². The maximum absolute atomic E-state index is 10.3. The lowest BCUT2D eigenvalue weighted by atomic mass is 10.0. The number of hydrogen-bond acceptors (Lipinski definition) is 2. The highest BCUT2D eigenvalue weighted by molar-refractivity contribution is 5.67. The lowest BCUT2D eigenvalue weighted by Gasteiger charge is -2.12. The SMILES string of the molecule is C/C=C/CC(CC)C(=O)[O-]. The topological polar surface area (TPSA) is 40.1 Å². The highest BCUT2D eigenvalue weighted by Gasteiger charge is 2.02. The predicted molar refractivity (Wildman–Crippen MR) is 38.2 cm³/mol. The number of carbonyl (C=O) groups excluding carboxylic acids is 1. The summed E-state index contributed by atoms with van der Waals surface area (Å²) in [5.74, 6) is -1.25. The summed E-state index contributed by atoms with van der Waals surface area (Å²) in [6, 6.07) is 0. The van der Waals surface area contributed by atoms with E-state index in [1.165, 1.54) is 0 Å². The van der Waals surface area contributed by atoms with Crippen LogP contribution in [0.4, 0.5) is 0 Å². The predicted octanol–water partition coefficient (Wildman–Crippen LogP) is 0.729. The minimum Gasteiger partial charge on any atom is -0.550 e.